The first-order valence-corrected chi connectivity index (χ1v) is 7.42. The summed E-state index contributed by atoms with van der Waals surface area (Å²) in [5.74, 6) is 0.433. The van der Waals surface area contributed by atoms with Gasteiger partial charge >= 0.3 is 0 Å². The standard InChI is InChI=1S/C17H18N4O2/c1-12-4-6-14(7-5-12)17-20-15(11-23-17)10-18-16(22)13(2)21-9-3-8-19-21/h3-9,11,13H,10H2,1-2H3,(H,18,22)/t13-/m1/s1. The van der Waals surface area contributed by atoms with Crippen LogP contribution >= 0.6 is 0 Å². The molecule has 3 rings (SSSR count). The number of carbonyl (C=O) groups is 1. The highest BCUT2D eigenvalue weighted by Gasteiger charge is 2.15. The van der Waals surface area contributed by atoms with Crippen molar-refractivity contribution in [2.45, 2.75) is 26.4 Å². The van der Waals surface area contributed by atoms with Crippen LogP contribution in [0.15, 0.2) is 53.4 Å². The maximum absolute atomic E-state index is 12.1. The Morgan fingerprint density at radius 2 is 2.13 bits per heavy atom. The van der Waals surface area contributed by atoms with Gasteiger partial charge in [0.05, 0.1) is 12.2 Å². The number of amides is 1. The van der Waals surface area contributed by atoms with Gasteiger partial charge in [-0.2, -0.15) is 5.10 Å². The van der Waals surface area contributed by atoms with Crippen LogP contribution in [0, 0.1) is 6.92 Å². The Hall–Kier alpha value is -2.89. The van der Waals surface area contributed by atoms with E-state index >= 15 is 0 Å². The highest BCUT2D eigenvalue weighted by Crippen LogP contribution is 2.19. The van der Waals surface area contributed by atoms with Crippen molar-refractivity contribution in [3.8, 4) is 11.5 Å². The van der Waals surface area contributed by atoms with Gasteiger partial charge in [0.25, 0.3) is 0 Å². The Bertz CT molecular complexity index is 775. The van der Waals surface area contributed by atoms with Crippen LogP contribution in [0.3, 0.4) is 0 Å². The lowest BCUT2D eigenvalue weighted by Crippen LogP contribution is -2.30. The predicted molar refractivity (Wildman–Crippen MR) is 85.5 cm³/mol. The molecule has 2 heterocycles. The second-order valence-corrected chi connectivity index (χ2v) is 5.39. The Labute approximate surface area is 134 Å². The van der Waals surface area contributed by atoms with Crippen molar-refractivity contribution in [2.75, 3.05) is 0 Å². The minimum atomic E-state index is -0.367. The van der Waals surface area contributed by atoms with Crippen molar-refractivity contribution in [1.29, 1.82) is 0 Å². The number of hydrogen-bond donors (Lipinski definition) is 1. The van der Waals surface area contributed by atoms with E-state index in [0.29, 0.717) is 18.1 Å². The van der Waals surface area contributed by atoms with Crippen molar-refractivity contribution >= 4 is 5.91 Å². The van der Waals surface area contributed by atoms with Crippen LogP contribution in [0.5, 0.6) is 0 Å². The van der Waals surface area contributed by atoms with Gasteiger partial charge in [-0.1, -0.05) is 17.7 Å². The minimum Gasteiger partial charge on any atom is -0.444 e. The fourth-order valence-corrected chi connectivity index (χ4v) is 2.17. The van der Waals surface area contributed by atoms with E-state index in [1.165, 1.54) is 5.56 Å². The van der Waals surface area contributed by atoms with Crippen LogP contribution in [0.1, 0.15) is 24.2 Å². The summed E-state index contributed by atoms with van der Waals surface area (Å²) in [7, 11) is 0. The SMILES string of the molecule is Cc1ccc(-c2nc(CNC(=O)[C@@H](C)n3cccn3)co2)cc1. The number of aromatic nitrogens is 3. The van der Waals surface area contributed by atoms with E-state index in [2.05, 4.69) is 15.4 Å². The van der Waals surface area contributed by atoms with Crippen LogP contribution in [0.25, 0.3) is 11.5 Å². The number of rotatable bonds is 5. The molecule has 6 nitrogen and oxygen atoms in total. The number of nitrogens with zero attached hydrogens (tertiary/aromatic N) is 3. The number of aryl methyl sites for hydroxylation is 1. The van der Waals surface area contributed by atoms with E-state index in [9.17, 15) is 4.79 Å². The largest absolute Gasteiger partial charge is 0.444 e. The molecule has 1 N–H and O–H groups in total. The third-order valence-corrected chi connectivity index (χ3v) is 3.60. The lowest BCUT2D eigenvalue weighted by atomic mass is 10.1. The predicted octanol–water partition coefficient (Wildman–Crippen LogP) is 2.72. The average molecular weight is 310 g/mol. The lowest BCUT2D eigenvalue weighted by Gasteiger charge is -2.11. The molecule has 3 aromatic rings. The Morgan fingerprint density at radius 1 is 1.35 bits per heavy atom. The van der Waals surface area contributed by atoms with E-state index in [1.807, 2.05) is 31.2 Å². The molecule has 0 aliphatic rings. The Morgan fingerprint density at radius 3 is 2.83 bits per heavy atom. The molecule has 23 heavy (non-hydrogen) atoms. The second-order valence-electron chi connectivity index (χ2n) is 5.39. The molecular weight excluding hydrogens is 292 g/mol. The molecule has 1 aromatic carbocycles. The maximum Gasteiger partial charge on any atom is 0.244 e. The summed E-state index contributed by atoms with van der Waals surface area (Å²) >= 11 is 0. The fraction of sp³-hybridized carbons (Fsp3) is 0.235. The Kier molecular flexibility index (Phi) is 4.23. The number of benzene rings is 1. The van der Waals surface area contributed by atoms with E-state index in [0.717, 1.165) is 5.56 Å². The normalized spacial score (nSPS) is 12.1. The van der Waals surface area contributed by atoms with Crippen LogP contribution < -0.4 is 5.32 Å². The third kappa shape index (κ3) is 3.48. The molecule has 2 aromatic heterocycles. The molecule has 0 unspecified atom stereocenters. The summed E-state index contributed by atoms with van der Waals surface area (Å²) in [6.45, 7) is 4.14. The monoisotopic (exact) mass is 310 g/mol. The zero-order chi connectivity index (χ0) is 16.2. The molecule has 0 aliphatic heterocycles. The first-order chi connectivity index (χ1) is 11.1. The van der Waals surface area contributed by atoms with Crippen molar-refractivity contribution in [3.05, 3.63) is 60.2 Å². The molecule has 0 radical (unpaired) electrons. The van der Waals surface area contributed by atoms with Gasteiger partial charge in [0.15, 0.2) is 0 Å². The van der Waals surface area contributed by atoms with Gasteiger partial charge in [0.1, 0.15) is 12.3 Å². The first-order valence-electron chi connectivity index (χ1n) is 7.42. The van der Waals surface area contributed by atoms with Gasteiger partial charge in [-0.3, -0.25) is 9.48 Å². The molecule has 0 aliphatic carbocycles. The summed E-state index contributed by atoms with van der Waals surface area (Å²) in [6, 6.07) is 9.36. The van der Waals surface area contributed by atoms with E-state index < -0.39 is 0 Å². The van der Waals surface area contributed by atoms with Crippen LogP contribution in [-0.4, -0.2) is 20.7 Å². The zero-order valence-electron chi connectivity index (χ0n) is 13.1. The Balaban J connectivity index is 1.61. The molecule has 0 saturated carbocycles. The molecule has 0 bridgehead atoms. The van der Waals surface area contributed by atoms with Crippen molar-refractivity contribution < 1.29 is 9.21 Å². The van der Waals surface area contributed by atoms with Crippen LogP contribution in [-0.2, 0) is 11.3 Å². The van der Waals surface area contributed by atoms with Gasteiger partial charge in [-0.05, 0) is 32.0 Å². The molecule has 118 valence electrons. The minimum absolute atomic E-state index is 0.117. The average Bonchev–Trinajstić information content (AvgIpc) is 3.24. The topological polar surface area (TPSA) is 73.0 Å². The summed E-state index contributed by atoms with van der Waals surface area (Å²) in [5, 5.41) is 6.90. The van der Waals surface area contributed by atoms with E-state index in [-0.39, 0.29) is 11.9 Å². The second kappa shape index (κ2) is 6.48. The smallest absolute Gasteiger partial charge is 0.244 e. The van der Waals surface area contributed by atoms with Crippen molar-refractivity contribution in [2.24, 2.45) is 0 Å². The summed E-state index contributed by atoms with van der Waals surface area (Å²) in [5.41, 5.74) is 2.78. The highest BCUT2D eigenvalue weighted by molar-refractivity contribution is 5.79. The lowest BCUT2D eigenvalue weighted by molar-refractivity contribution is -0.124. The number of hydrogen-bond acceptors (Lipinski definition) is 4. The van der Waals surface area contributed by atoms with Gasteiger partial charge in [0, 0.05) is 18.0 Å². The molecule has 0 saturated heterocycles. The van der Waals surface area contributed by atoms with Gasteiger partial charge < -0.3 is 9.73 Å². The van der Waals surface area contributed by atoms with Crippen molar-refractivity contribution in [3.63, 3.8) is 0 Å². The highest BCUT2D eigenvalue weighted by atomic mass is 16.3. The van der Waals surface area contributed by atoms with Crippen molar-refractivity contribution in [1.82, 2.24) is 20.1 Å². The molecular formula is C17H18N4O2. The maximum atomic E-state index is 12.1. The van der Waals surface area contributed by atoms with E-state index in [1.54, 1.807) is 36.3 Å². The summed E-state index contributed by atoms with van der Waals surface area (Å²) < 4.78 is 7.08. The summed E-state index contributed by atoms with van der Waals surface area (Å²) in [6.07, 6.45) is 4.97. The van der Waals surface area contributed by atoms with Gasteiger partial charge in [0.2, 0.25) is 11.8 Å². The quantitative estimate of drug-likeness (QED) is 0.786. The first kappa shape index (κ1) is 15.0. The zero-order valence-corrected chi connectivity index (χ0v) is 13.1. The fourth-order valence-electron chi connectivity index (χ4n) is 2.17. The van der Waals surface area contributed by atoms with Crippen LogP contribution in [0.2, 0.25) is 0 Å². The van der Waals surface area contributed by atoms with Gasteiger partial charge in [-0.25, -0.2) is 4.98 Å². The molecule has 0 fully saturated rings. The number of carbonyl (C=O) groups excluding carboxylic acids is 1. The molecule has 6 heteroatoms. The van der Waals surface area contributed by atoms with Gasteiger partial charge in [-0.15, -0.1) is 0 Å². The molecule has 0 spiro atoms. The van der Waals surface area contributed by atoms with E-state index in [4.69, 9.17) is 4.42 Å². The molecule has 1 amide bonds. The molecule has 1 atom stereocenters. The summed E-state index contributed by atoms with van der Waals surface area (Å²) in [4.78, 5) is 16.5. The van der Waals surface area contributed by atoms with Crippen LogP contribution in [0.4, 0.5) is 0 Å². The third-order valence-electron chi connectivity index (χ3n) is 3.60. The number of oxazole rings is 1. The number of nitrogens with one attached hydrogen (secondary N) is 1.